The van der Waals surface area contributed by atoms with Crippen LogP contribution in [0.25, 0.3) is 11.3 Å². The lowest BCUT2D eigenvalue weighted by Gasteiger charge is -2.06. The van der Waals surface area contributed by atoms with Crippen LogP contribution >= 0.6 is 0 Å². The first-order valence-electron chi connectivity index (χ1n) is 11.0. The summed E-state index contributed by atoms with van der Waals surface area (Å²) < 4.78 is 11.3. The largest absolute Gasteiger partial charge is 0.494 e. The van der Waals surface area contributed by atoms with E-state index in [0.29, 0.717) is 30.3 Å². The van der Waals surface area contributed by atoms with Gasteiger partial charge in [0.25, 0.3) is 5.91 Å². The fourth-order valence-corrected chi connectivity index (χ4v) is 3.27. The maximum atomic E-state index is 12.5. The van der Waals surface area contributed by atoms with Crippen LogP contribution < -0.4 is 14.9 Å². The smallest absolute Gasteiger partial charge is 0.289 e. The molecule has 0 atom stereocenters. The van der Waals surface area contributed by atoms with Crippen LogP contribution in [0.4, 0.5) is 0 Å². The summed E-state index contributed by atoms with van der Waals surface area (Å²) in [7, 11) is 0. The third-order valence-corrected chi connectivity index (χ3v) is 5.13. The van der Waals surface area contributed by atoms with Gasteiger partial charge in [-0.1, -0.05) is 30.3 Å². The number of amides is 1. The van der Waals surface area contributed by atoms with E-state index < -0.39 is 0 Å². The Morgan fingerprint density at radius 1 is 0.941 bits per heavy atom. The van der Waals surface area contributed by atoms with Crippen molar-refractivity contribution in [3.8, 4) is 22.8 Å². The Morgan fingerprint density at radius 2 is 1.62 bits per heavy atom. The van der Waals surface area contributed by atoms with Crippen molar-refractivity contribution in [1.82, 2.24) is 15.6 Å². The van der Waals surface area contributed by atoms with E-state index in [1.807, 2.05) is 92.7 Å². The second-order valence-corrected chi connectivity index (χ2v) is 7.56. The summed E-state index contributed by atoms with van der Waals surface area (Å²) in [6.07, 6.45) is 0. The van der Waals surface area contributed by atoms with Crippen LogP contribution in [0.1, 0.15) is 35.5 Å². The molecule has 3 aromatic carbocycles. The van der Waals surface area contributed by atoms with Gasteiger partial charge in [0, 0.05) is 5.56 Å². The summed E-state index contributed by atoms with van der Waals surface area (Å²) in [6.45, 7) is 4.88. The Balaban J connectivity index is 1.34. The number of nitrogens with one attached hydrogen (secondary N) is 2. The van der Waals surface area contributed by atoms with E-state index >= 15 is 0 Å². The van der Waals surface area contributed by atoms with Gasteiger partial charge in [-0.25, -0.2) is 5.43 Å². The molecule has 0 saturated carbocycles. The molecule has 4 rings (SSSR count). The highest BCUT2D eigenvalue weighted by molar-refractivity contribution is 6.00. The fraction of sp³-hybridized carbons (Fsp3) is 0.148. The molecule has 0 spiro atoms. The molecule has 172 valence electrons. The topological polar surface area (TPSA) is 88.6 Å². The van der Waals surface area contributed by atoms with Crippen LogP contribution in [0.5, 0.6) is 11.5 Å². The Bertz CT molecular complexity index is 1250. The molecule has 7 nitrogen and oxygen atoms in total. The molecule has 2 N–H and O–H groups in total. The molecule has 0 aliphatic heterocycles. The number of benzene rings is 3. The molecule has 1 heterocycles. The standard InChI is InChI=1S/C27H26N4O3/c1-3-33-23-13-9-21(10-14-23)19(2)28-31-27(32)26-17-25(29-30-26)22-11-15-24(16-12-22)34-18-20-7-5-4-6-8-20/h4-17H,3,18H2,1-2H3,(H,29,30)(H,31,32)/b28-19-. The molecule has 0 bridgehead atoms. The zero-order chi connectivity index (χ0) is 23.8. The number of carbonyl (C=O) groups excluding carboxylic acids is 1. The summed E-state index contributed by atoms with van der Waals surface area (Å²) >= 11 is 0. The van der Waals surface area contributed by atoms with Gasteiger partial charge in [0.1, 0.15) is 23.8 Å². The molecule has 7 heteroatoms. The summed E-state index contributed by atoms with van der Waals surface area (Å²) in [5.74, 6) is 1.19. The number of aromatic amines is 1. The lowest BCUT2D eigenvalue weighted by molar-refractivity contribution is 0.0950. The number of hydrazone groups is 1. The van der Waals surface area contributed by atoms with Crippen LogP contribution in [0, 0.1) is 0 Å². The number of hydrogen-bond acceptors (Lipinski definition) is 5. The van der Waals surface area contributed by atoms with Crippen molar-refractivity contribution < 1.29 is 14.3 Å². The SMILES string of the molecule is CCOc1ccc(/C(C)=N\NC(=O)c2cc(-c3ccc(OCc4ccccc4)cc3)n[nH]2)cc1. The second-order valence-electron chi connectivity index (χ2n) is 7.56. The molecule has 0 saturated heterocycles. The Labute approximate surface area is 198 Å². The van der Waals surface area contributed by atoms with E-state index in [9.17, 15) is 4.79 Å². The molecule has 0 aliphatic carbocycles. The fourth-order valence-electron chi connectivity index (χ4n) is 3.27. The van der Waals surface area contributed by atoms with Gasteiger partial charge in [0.2, 0.25) is 0 Å². The monoisotopic (exact) mass is 454 g/mol. The Kier molecular flexibility index (Phi) is 7.35. The average Bonchev–Trinajstić information content (AvgIpc) is 3.38. The van der Waals surface area contributed by atoms with Gasteiger partial charge in [0.15, 0.2) is 0 Å². The molecular weight excluding hydrogens is 428 g/mol. The van der Waals surface area contributed by atoms with E-state index in [0.717, 1.165) is 28.2 Å². The van der Waals surface area contributed by atoms with Gasteiger partial charge < -0.3 is 9.47 Å². The number of hydrogen-bond donors (Lipinski definition) is 2. The zero-order valence-electron chi connectivity index (χ0n) is 19.1. The normalized spacial score (nSPS) is 11.2. The van der Waals surface area contributed by atoms with Gasteiger partial charge >= 0.3 is 0 Å². The van der Waals surface area contributed by atoms with Crippen LogP contribution in [-0.4, -0.2) is 28.4 Å². The molecule has 1 aromatic heterocycles. The Hall–Kier alpha value is -4.39. The van der Waals surface area contributed by atoms with E-state index in [-0.39, 0.29) is 5.91 Å². The molecule has 1 amide bonds. The third kappa shape index (κ3) is 5.89. The van der Waals surface area contributed by atoms with Gasteiger partial charge in [-0.15, -0.1) is 0 Å². The number of rotatable bonds is 9. The minimum atomic E-state index is -0.369. The molecule has 0 aliphatic rings. The minimum Gasteiger partial charge on any atom is -0.494 e. The van der Waals surface area contributed by atoms with Crippen molar-refractivity contribution in [3.63, 3.8) is 0 Å². The van der Waals surface area contributed by atoms with Crippen molar-refractivity contribution in [2.45, 2.75) is 20.5 Å². The van der Waals surface area contributed by atoms with Crippen molar-refractivity contribution in [2.24, 2.45) is 5.10 Å². The van der Waals surface area contributed by atoms with Crippen LogP contribution in [0.2, 0.25) is 0 Å². The summed E-state index contributed by atoms with van der Waals surface area (Å²) in [5, 5.41) is 11.2. The molecule has 0 radical (unpaired) electrons. The molecule has 0 unspecified atom stereocenters. The summed E-state index contributed by atoms with van der Waals surface area (Å²) in [6, 6.07) is 26.8. The first kappa shape index (κ1) is 22.8. The van der Waals surface area contributed by atoms with Crippen molar-refractivity contribution in [3.05, 3.63) is 102 Å². The quantitative estimate of drug-likeness (QED) is 0.268. The van der Waals surface area contributed by atoms with Crippen molar-refractivity contribution in [2.75, 3.05) is 6.61 Å². The minimum absolute atomic E-state index is 0.322. The maximum absolute atomic E-state index is 12.5. The lowest BCUT2D eigenvalue weighted by atomic mass is 10.1. The zero-order valence-corrected chi connectivity index (χ0v) is 19.1. The van der Waals surface area contributed by atoms with Gasteiger partial charge in [0.05, 0.1) is 18.0 Å². The highest BCUT2D eigenvalue weighted by Crippen LogP contribution is 2.22. The van der Waals surface area contributed by atoms with E-state index in [1.165, 1.54) is 0 Å². The molecule has 34 heavy (non-hydrogen) atoms. The number of ether oxygens (including phenoxy) is 2. The second kappa shape index (κ2) is 11.0. The van der Waals surface area contributed by atoms with Crippen LogP contribution in [0.3, 0.4) is 0 Å². The first-order chi connectivity index (χ1) is 16.6. The predicted molar refractivity (Wildman–Crippen MR) is 132 cm³/mol. The van der Waals surface area contributed by atoms with E-state index in [4.69, 9.17) is 9.47 Å². The summed E-state index contributed by atoms with van der Waals surface area (Å²) in [5.41, 5.74) is 7.10. The number of aromatic nitrogens is 2. The number of nitrogens with zero attached hydrogens (tertiary/aromatic N) is 2. The molecular formula is C27H26N4O3. The predicted octanol–water partition coefficient (Wildman–Crippen LogP) is 5.21. The average molecular weight is 455 g/mol. The highest BCUT2D eigenvalue weighted by atomic mass is 16.5. The van der Waals surface area contributed by atoms with Gasteiger partial charge in [-0.2, -0.15) is 10.2 Å². The maximum Gasteiger partial charge on any atom is 0.289 e. The first-order valence-corrected chi connectivity index (χ1v) is 11.0. The third-order valence-electron chi connectivity index (χ3n) is 5.13. The number of H-pyrrole nitrogens is 1. The van der Waals surface area contributed by atoms with E-state index in [1.54, 1.807) is 6.07 Å². The Morgan fingerprint density at radius 3 is 2.32 bits per heavy atom. The highest BCUT2D eigenvalue weighted by Gasteiger charge is 2.11. The molecule has 4 aromatic rings. The molecule has 0 fully saturated rings. The lowest BCUT2D eigenvalue weighted by Crippen LogP contribution is -2.19. The summed E-state index contributed by atoms with van der Waals surface area (Å²) in [4.78, 5) is 12.5. The van der Waals surface area contributed by atoms with Crippen LogP contribution in [0.15, 0.2) is 90.0 Å². The van der Waals surface area contributed by atoms with Gasteiger partial charge in [-0.05, 0) is 79.6 Å². The van der Waals surface area contributed by atoms with E-state index in [2.05, 4.69) is 20.7 Å². The van der Waals surface area contributed by atoms with Gasteiger partial charge in [-0.3, -0.25) is 9.89 Å². The van der Waals surface area contributed by atoms with Crippen molar-refractivity contribution in [1.29, 1.82) is 0 Å². The van der Waals surface area contributed by atoms with Crippen LogP contribution in [-0.2, 0) is 6.61 Å². The van der Waals surface area contributed by atoms with Crippen molar-refractivity contribution >= 4 is 11.6 Å². The number of carbonyl (C=O) groups is 1.